The van der Waals surface area contributed by atoms with Gasteiger partial charge in [0.15, 0.2) is 0 Å². The number of hydrazone groups is 1. The molecule has 0 atom stereocenters. The van der Waals surface area contributed by atoms with Crippen LogP contribution in [0.2, 0.25) is 0 Å². The minimum atomic E-state index is -0.0375. The molecule has 0 aliphatic carbocycles. The topological polar surface area (TPSA) is 18.6 Å². The average molecular weight is 320 g/mol. The molecule has 2 aromatic carbocycles. The molecule has 0 N–H and O–H groups in total. The van der Waals surface area contributed by atoms with Crippen molar-refractivity contribution in [3.05, 3.63) is 59.7 Å². The molecule has 0 spiro atoms. The lowest BCUT2D eigenvalue weighted by Crippen LogP contribution is -2.31. The minimum absolute atomic E-state index is 0.0375. The van der Waals surface area contributed by atoms with Crippen molar-refractivity contribution in [2.24, 2.45) is 5.10 Å². The van der Waals surface area contributed by atoms with E-state index in [-0.39, 0.29) is 5.41 Å². The molecule has 1 heterocycles. The Labute approximate surface area is 144 Å². The summed E-state index contributed by atoms with van der Waals surface area (Å²) in [6.07, 6.45) is 2.02. The van der Waals surface area contributed by atoms with Crippen LogP contribution in [0.1, 0.15) is 31.9 Å². The van der Waals surface area contributed by atoms with Crippen LogP contribution in [0.5, 0.6) is 0 Å². The van der Waals surface area contributed by atoms with Gasteiger partial charge in [-0.1, -0.05) is 35.9 Å². The average Bonchev–Trinajstić information content (AvgIpc) is 2.80. The number of nitrogens with zero attached hydrogens (tertiary/aromatic N) is 3. The zero-order chi connectivity index (χ0) is 17.3. The largest absolute Gasteiger partial charge is 0.268 e. The third kappa shape index (κ3) is 2.75. The summed E-state index contributed by atoms with van der Waals surface area (Å²) in [5, 5.41) is 6.64. The molecule has 0 amide bonds. The smallest absolute Gasteiger partial charge is 0.212 e. The molecule has 24 heavy (non-hydrogen) atoms. The molecule has 1 aliphatic rings. The lowest BCUT2D eigenvalue weighted by atomic mass is 9.82. The van der Waals surface area contributed by atoms with E-state index in [4.69, 9.17) is 5.10 Å². The summed E-state index contributed by atoms with van der Waals surface area (Å²) in [4.78, 5) is 0. The first-order chi connectivity index (χ1) is 11.4. The van der Waals surface area contributed by atoms with Crippen molar-refractivity contribution in [2.45, 2.75) is 33.1 Å². The van der Waals surface area contributed by atoms with Crippen LogP contribution in [0.4, 0.5) is 11.4 Å². The van der Waals surface area contributed by atoms with Gasteiger partial charge in [0.2, 0.25) is 11.4 Å². The molecule has 0 saturated carbocycles. The molecule has 3 rings (SSSR count). The number of benzene rings is 2. The van der Waals surface area contributed by atoms with Crippen LogP contribution < -0.4 is 5.01 Å². The highest BCUT2D eigenvalue weighted by Crippen LogP contribution is 2.38. The summed E-state index contributed by atoms with van der Waals surface area (Å²) in [6, 6.07) is 17.1. The van der Waals surface area contributed by atoms with Gasteiger partial charge in [-0.3, -0.25) is 5.01 Å². The second-order valence-corrected chi connectivity index (χ2v) is 6.88. The zero-order valence-electron chi connectivity index (χ0n) is 15.2. The molecule has 1 aliphatic heterocycles. The third-order valence-electron chi connectivity index (χ3n) is 4.88. The molecular formula is C21H26N3+. The van der Waals surface area contributed by atoms with E-state index >= 15 is 0 Å². The molecule has 3 nitrogen and oxygen atoms in total. The Kier molecular flexibility index (Phi) is 4.27. The lowest BCUT2D eigenvalue weighted by molar-refractivity contribution is -0.431. The van der Waals surface area contributed by atoms with Crippen molar-refractivity contribution in [1.82, 2.24) is 0 Å². The fraction of sp³-hybridized carbons (Fsp3) is 0.333. The standard InChI is InChI=1S/C21H26N3/c1-6-24-19-10-8-7-9-18(19)21(3,4)20(24)15-22-23(5)17-13-11-16(2)12-14-17/h7-15H,6H2,1-5H3/q+1. The van der Waals surface area contributed by atoms with Crippen molar-refractivity contribution in [2.75, 3.05) is 18.6 Å². The lowest BCUT2D eigenvalue weighted by Gasteiger charge is -2.16. The first kappa shape index (κ1) is 16.4. The van der Waals surface area contributed by atoms with Crippen LogP contribution in [-0.2, 0) is 5.41 Å². The second kappa shape index (κ2) is 6.23. The Bertz CT molecular complexity index is 798. The van der Waals surface area contributed by atoms with Gasteiger partial charge in [-0.2, -0.15) is 9.68 Å². The predicted molar refractivity (Wildman–Crippen MR) is 103 cm³/mol. The fourth-order valence-corrected chi connectivity index (χ4v) is 3.38. The number of hydrogen-bond donors (Lipinski definition) is 0. The van der Waals surface area contributed by atoms with Gasteiger partial charge in [0, 0.05) is 18.7 Å². The van der Waals surface area contributed by atoms with Crippen molar-refractivity contribution < 1.29 is 4.58 Å². The maximum atomic E-state index is 4.71. The van der Waals surface area contributed by atoms with Gasteiger partial charge in [0.25, 0.3) is 0 Å². The van der Waals surface area contributed by atoms with Crippen LogP contribution in [0.15, 0.2) is 53.6 Å². The number of fused-ring (bicyclic) bond motifs is 1. The Balaban J connectivity index is 1.95. The maximum absolute atomic E-state index is 4.71. The van der Waals surface area contributed by atoms with Crippen LogP contribution >= 0.6 is 0 Å². The molecule has 0 bridgehead atoms. The summed E-state index contributed by atoms with van der Waals surface area (Å²) in [5.74, 6) is 0. The first-order valence-corrected chi connectivity index (χ1v) is 8.54. The minimum Gasteiger partial charge on any atom is -0.268 e. The van der Waals surface area contributed by atoms with Crippen molar-refractivity contribution in [1.29, 1.82) is 0 Å². The van der Waals surface area contributed by atoms with Gasteiger partial charge in [0.1, 0.15) is 12.8 Å². The maximum Gasteiger partial charge on any atom is 0.212 e. The van der Waals surface area contributed by atoms with Crippen molar-refractivity contribution in [3.8, 4) is 0 Å². The first-order valence-electron chi connectivity index (χ1n) is 8.54. The van der Waals surface area contributed by atoms with E-state index in [9.17, 15) is 0 Å². The molecule has 3 heteroatoms. The van der Waals surface area contributed by atoms with Crippen LogP contribution in [0.25, 0.3) is 0 Å². The summed E-state index contributed by atoms with van der Waals surface area (Å²) in [5.41, 5.74) is 6.22. The Morgan fingerprint density at radius 2 is 1.75 bits per heavy atom. The number of para-hydroxylation sites is 1. The van der Waals surface area contributed by atoms with Crippen molar-refractivity contribution >= 4 is 23.3 Å². The van der Waals surface area contributed by atoms with E-state index in [1.807, 2.05) is 18.3 Å². The molecular weight excluding hydrogens is 294 g/mol. The summed E-state index contributed by atoms with van der Waals surface area (Å²) >= 11 is 0. The molecule has 2 aromatic rings. The van der Waals surface area contributed by atoms with Crippen LogP contribution in [0.3, 0.4) is 0 Å². The van der Waals surface area contributed by atoms with E-state index < -0.39 is 0 Å². The molecule has 0 fully saturated rings. The molecule has 124 valence electrons. The van der Waals surface area contributed by atoms with Gasteiger partial charge in [-0.05, 0) is 39.8 Å². The second-order valence-electron chi connectivity index (χ2n) is 6.88. The Morgan fingerprint density at radius 3 is 2.42 bits per heavy atom. The highest BCUT2D eigenvalue weighted by atomic mass is 15.4. The van der Waals surface area contributed by atoms with Crippen molar-refractivity contribution in [3.63, 3.8) is 0 Å². The number of aryl methyl sites for hydroxylation is 1. The summed E-state index contributed by atoms with van der Waals surface area (Å²) in [7, 11) is 1.99. The number of rotatable bonds is 4. The highest BCUT2D eigenvalue weighted by Gasteiger charge is 2.44. The summed E-state index contributed by atoms with van der Waals surface area (Å²) in [6.45, 7) is 9.77. The van der Waals surface area contributed by atoms with E-state index in [1.54, 1.807) is 0 Å². The molecule has 0 unspecified atom stereocenters. The zero-order valence-corrected chi connectivity index (χ0v) is 15.2. The van der Waals surface area contributed by atoms with Gasteiger partial charge in [-0.25, -0.2) is 0 Å². The fourth-order valence-electron chi connectivity index (χ4n) is 3.38. The highest BCUT2D eigenvalue weighted by molar-refractivity contribution is 6.33. The molecule has 0 radical (unpaired) electrons. The van der Waals surface area contributed by atoms with Gasteiger partial charge in [-0.15, -0.1) is 0 Å². The predicted octanol–water partition coefficient (Wildman–Crippen LogP) is 4.51. The van der Waals surface area contributed by atoms with Gasteiger partial charge < -0.3 is 0 Å². The normalized spacial score (nSPS) is 15.9. The molecule has 0 aromatic heterocycles. The SMILES string of the molecule is CC[N+]1=C(C=NN(C)c2ccc(C)cc2)C(C)(C)c2ccccc21. The molecule has 0 saturated heterocycles. The van der Waals surface area contributed by atoms with E-state index in [0.717, 1.165) is 12.2 Å². The number of anilines is 1. The van der Waals surface area contributed by atoms with Gasteiger partial charge >= 0.3 is 0 Å². The van der Waals surface area contributed by atoms with Crippen LogP contribution in [-0.4, -0.2) is 30.1 Å². The Hall–Kier alpha value is -2.42. The Morgan fingerprint density at radius 1 is 1.08 bits per heavy atom. The van der Waals surface area contributed by atoms with E-state index in [1.165, 1.54) is 22.5 Å². The van der Waals surface area contributed by atoms with E-state index in [0.29, 0.717) is 0 Å². The quantitative estimate of drug-likeness (QED) is 0.460. The van der Waals surface area contributed by atoms with Gasteiger partial charge in [0.05, 0.1) is 11.1 Å². The number of hydrogen-bond acceptors (Lipinski definition) is 2. The van der Waals surface area contributed by atoms with Crippen LogP contribution in [0, 0.1) is 6.92 Å². The monoisotopic (exact) mass is 320 g/mol. The third-order valence-corrected chi connectivity index (χ3v) is 4.88. The van der Waals surface area contributed by atoms with E-state index in [2.05, 4.69) is 80.8 Å². The summed E-state index contributed by atoms with van der Waals surface area (Å²) < 4.78 is 2.36.